The average Bonchev–Trinajstić information content (AvgIpc) is 3.73. The van der Waals surface area contributed by atoms with Crippen LogP contribution < -0.4 is 16.9 Å². The van der Waals surface area contributed by atoms with E-state index in [1.54, 1.807) is 0 Å². The third-order valence-corrected chi connectivity index (χ3v) is 9.39. The summed E-state index contributed by atoms with van der Waals surface area (Å²) in [5.41, 5.74) is 5.25. The number of aliphatic hydroxyl groups excluding tert-OH is 1. The second-order valence-corrected chi connectivity index (χ2v) is 14.3. The average molecular weight is 691 g/mol. The number of fused-ring (bicyclic) bond motifs is 2. The van der Waals surface area contributed by atoms with E-state index in [0.717, 1.165) is 0 Å². The molecule has 6 heterocycles. The van der Waals surface area contributed by atoms with Crippen LogP contribution in [0.15, 0.2) is 28.6 Å². The van der Waals surface area contributed by atoms with Crippen LogP contribution in [-0.4, -0.2) is 86.7 Å². The lowest BCUT2D eigenvalue weighted by atomic mass is 10.1. The van der Waals surface area contributed by atoms with Crippen LogP contribution in [0, 0.1) is 0 Å². The lowest BCUT2D eigenvalue weighted by Crippen LogP contribution is -2.28. The second-order valence-electron chi connectivity index (χ2n) is 9.88. The molecule has 4 aromatic heterocycles. The number of aromatic nitrogens is 8. The Morgan fingerprint density at radius 2 is 1.89 bits per heavy atom. The Bertz CT molecular complexity index is 1870. The molecule has 0 spiro atoms. The topological polar surface area (TPSA) is 257 Å². The van der Waals surface area contributed by atoms with Crippen LogP contribution >= 0.6 is 26.2 Å². The summed E-state index contributed by atoms with van der Waals surface area (Å²) >= 11 is 9.17. The molecular formula is C21H26N9O10P2S2+. The SMILES string of the molecule is Nc1nc2c(ncn2[C@@H]2O[C@H](CCO)C[C@H]2OP(O)(=S)OC[C@H]2O[C@@H](n3cnc4c(=O)[nH]cnc43)C[C@@H]2O[P+](=O)S)c(=O)[nH]1. The monoisotopic (exact) mass is 690 g/mol. The van der Waals surface area contributed by atoms with Crippen LogP contribution in [0.4, 0.5) is 5.95 Å². The number of nitrogen functional groups attached to an aromatic ring is 1. The predicted molar refractivity (Wildman–Crippen MR) is 158 cm³/mol. The third kappa shape index (κ3) is 6.35. The number of nitrogens with zero attached hydrogens (tertiary/aromatic N) is 6. The molecule has 236 valence electrons. The van der Waals surface area contributed by atoms with Gasteiger partial charge in [-0.15, -0.1) is 4.52 Å². The molecule has 19 nitrogen and oxygen atoms in total. The van der Waals surface area contributed by atoms with Crippen molar-refractivity contribution in [3.05, 3.63) is 39.7 Å². The molecule has 2 unspecified atom stereocenters. The number of nitrogens with two attached hydrogens (primary N) is 1. The molecule has 0 radical (unpaired) electrons. The first-order chi connectivity index (χ1) is 21.0. The van der Waals surface area contributed by atoms with Gasteiger partial charge in [-0.25, -0.2) is 15.0 Å². The summed E-state index contributed by atoms with van der Waals surface area (Å²) in [5, 5.41) is 9.48. The highest BCUT2D eigenvalue weighted by molar-refractivity contribution is 8.39. The highest BCUT2D eigenvalue weighted by Gasteiger charge is 2.45. The van der Waals surface area contributed by atoms with Gasteiger partial charge in [-0.1, -0.05) is 0 Å². The summed E-state index contributed by atoms with van der Waals surface area (Å²) in [6.07, 6.45) is -0.207. The number of H-pyrrole nitrogens is 2. The molecule has 0 aliphatic carbocycles. The van der Waals surface area contributed by atoms with Crippen molar-refractivity contribution in [2.24, 2.45) is 0 Å². The number of hydrogen-bond donors (Lipinski definition) is 6. The number of aliphatic hydroxyl groups is 1. The van der Waals surface area contributed by atoms with Crippen molar-refractivity contribution in [1.82, 2.24) is 39.0 Å². The lowest BCUT2D eigenvalue weighted by molar-refractivity contribution is -0.0481. The van der Waals surface area contributed by atoms with E-state index >= 15 is 0 Å². The van der Waals surface area contributed by atoms with Gasteiger partial charge < -0.3 is 39.2 Å². The summed E-state index contributed by atoms with van der Waals surface area (Å²) in [6, 6.07) is 0. The molecule has 6 N–H and O–H groups in total. The van der Waals surface area contributed by atoms with E-state index in [1.165, 1.54) is 28.1 Å². The summed E-state index contributed by atoms with van der Waals surface area (Å²) in [7, 11) is -2.34. The zero-order valence-corrected chi connectivity index (χ0v) is 25.9. The zero-order chi connectivity index (χ0) is 31.2. The molecule has 0 bridgehead atoms. The quantitative estimate of drug-likeness (QED) is 0.0918. The van der Waals surface area contributed by atoms with E-state index in [-0.39, 0.29) is 60.8 Å². The highest BCUT2D eigenvalue weighted by Crippen LogP contribution is 2.51. The van der Waals surface area contributed by atoms with E-state index < -0.39 is 61.9 Å². The van der Waals surface area contributed by atoms with E-state index in [2.05, 4.69) is 42.2 Å². The van der Waals surface area contributed by atoms with Gasteiger partial charge in [0, 0.05) is 19.4 Å². The molecule has 8 atom stereocenters. The third-order valence-electron chi connectivity index (χ3n) is 7.07. The van der Waals surface area contributed by atoms with Crippen LogP contribution in [0.5, 0.6) is 0 Å². The van der Waals surface area contributed by atoms with Crippen molar-refractivity contribution in [1.29, 1.82) is 0 Å². The standard InChI is InChI=1S/C21H25N9O10P2S2/c22-21-27-17-15(19(33)28-21)26-8-30(17)20-11(3-9(37-20)1-2-31)40-42(35,44)36-5-12-10(39-41(34)43)4-13(38-12)29-7-25-14-16(29)23-6-24-18(14)32/h6-13,20,31H,1-5H2,(H5-,22,23,24,27,28,32,33,34,35,43,44)/p+1/t9-,10+,11-,12-,13-,20-,42?/m1/s1. The molecule has 2 fully saturated rings. The fourth-order valence-corrected chi connectivity index (χ4v) is 7.47. The molecule has 0 amide bonds. The molecule has 23 heteroatoms. The van der Waals surface area contributed by atoms with Crippen molar-refractivity contribution in [2.75, 3.05) is 18.9 Å². The summed E-state index contributed by atoms with van der Waals surface area (Å²) < 4.78 is 44.0. The number of ether oxygens (including phenoxy) is 2. The largest absolute Gasteiger partial charge is 0.582 e. The molecular weight excluding hydrogens is 664 g/mol. The number of nitrogens with one attached hydrogen (secondary N) is 2. The van der Waals surface area contributed by atoms with Gasteiger partial charge >= 0.3 is 13.9 Å². The van der Waals surface area contributed by atoms with Gasteiger partial charge in [-0.3, -0.25) is 23.7 Å². The number of thiol groups is 1. The maximum Gasteiger partial charge on any atom is 0.582 e. The van der Waals surface area contributed by atoms with Crippen LogP contribution in [0.1, 0.15) is 31.7 Å². The highest BCUT2D eigenvalue weighted by atomic mass is 32.7. The molecule has 4 aromatic rings. The summed E-state index contributed by atoms with van der Waals surface area (Å²) in [4.78, 5) is 56.8. The first-order valence-electron chi connectivity index (χ1n) is 13.1. The van der Waals surface area contributed by atoms with E-state index in [4.69, 9.17) is 40.6 Å². The summed E-state index contributed by atoms with van der Waals surface area (Å²) in [5.74, 6) is -0.136. The smallest absolute Gasteiger partial charge is 0.396 e. The predicted octanol–water partition coefficient (Wildman–Crippen LogP) is 0.383. The maximum atomic E-state index is 12.3. The Hall–Kier alpha value is -2.68. The lowest BCUT2D eigenvalue weighted by Gasteiger charge is -2.25. The fourth-order valence-electron chi connectivity index (χ4n) is 5.21. The Labute approximate surface area is 257 Å². The van der Waals surface area contributed by atoms with Crippen molar-refractivity contribution in [2.45, 2.75) is 56.1 Å². The van der Waals surface area contributed by atoms with Crippen LogP contribution in [0.25, 0.3) is 22.3 Å². The van der Waals surface area contributed by atoms with Crippen LogP contribution in [-0.2, 0) is 39.4 Å². The van der Waals surface area contributed by atoms with Gasteiger partial charge in [0.05, 0.1) is 31.7 Å². The van der Waals surface area contributed by atoms with E-state index in [1.807, 2.05) is 0 Å². The zero-order valence-electron chi connectivity index (χ0n) is 22.4. The van der Waals surface area contributed by atoms with Gasteiger partial charge in [0.25, 0.3) is 11.1 Å². The Morgan fingerprint density at radius 1 is 1.14 bits per heavy atom. The molecule has 0 saturated carbocycles. The van der Waals surface area contributed by atoms with Crippen LogP contribution in [0.2, 0.25) is 0 Å². The number of hydrogen-bond acceptors (Lipinski definition) is 15. The van der Waals surface area contributed by atoms with E-state index in [9.17, 15) is 24.2 Å². The minimum atomic E-state index is -4.00. The number of rotatable bonds is 11. The fraction of sp³-hybridized carbons (Fsp3) is 0.524. The Kier molecular flexibility index (Phi) is 8.97. The van der Waals surface area contributed by atoms with Gasteiger partial charge in [0.2, 0.25) is 5.95 Å². The summed E-state index contributed by atoms with van der Waals surface area (Å²) in [6.45, 7) is -4.50. The minimum absolute atomic E-state index is 0.0128. The van der Waals surface area contributed by atoms with Gasteiger partial charge in [-0.2, -0.15) is 4.98 Å². The van der Waals surface area contributed by atoms with Gasteiger partial charge in [-0.05, 0) is 22.8 Å². The van der Waals surface area contributed by atoms with Crippen molar-refractivity contribution in [3.63, 3.8) is 0 Å². The van der Waals surface area contributed by atoms with Crippen molar-refractivity contribution in [3.8, 4) is 0 Å². The molecule has 0 aromatic carbocycles. The Balaban J connectivity index is 1.19. The number of aromatic amines is 2. The van der Waals surface area contributed by atoms with E-state index in [0.29, 0.717) is 0 Å². The second kappa shape index (κ2) is 12.6. The Morgan fingerprint density at radius 3 is 2.64 bits per heavy atom. The first kappa shape index (κ1) is 31.3. The maximum absolute atomic E-state index is 12.3. The van der Waals surface area contributed by atoms with Gasteiger partial charge in [0.1, 0.15) is 36.8 Å². The van der Waals surface area contributed by atoms with Crippen molar-refractivity contribution < 1.29 is 37.6 Å². The van der Waals surface area contributed by atoms with Crippen molar-refractivity contribution >= 4 is 66.3 Å². The number of imidazole rings is 2. The number of anilines is 1. The first-order valence-corrected chi connectivity index (χ1v) is 18.0. The molecule has 6 rings (SSSR count). The normalized spacial score (nSPS) is 27.3. The van der Waals surface area contributed by atoms with Crippen LogP contribution in [0.3, 0.4) is 0 Å². The molecule has 2 aliphatic rings. The molecule has 44 heavy (non-hydrogen) atoms. The minimum Gasteiger partial charge on any atom is -0.396 e. The molecule has 2 aliphatic heterocycles. The molecule has 2 saturated heterocycles. The van der Waals surface area contributed by atoms with Gasteiger partial charge in [0.15, 0.2) is 28.6 Å².